The molecular formula is C15H26N4O5S. The Hall–Kier alpha value is -1.49. The second-order valence-electron chi connectivity index (χ2n) is 6.78. The molecule has 0 N–H and O–H groups in total. The number of nitrogens with zero attached hydrogens (tertiary/aromatic N) is 4. The van der Waals surface area contributed by atoms with Gasteiger partial charge in [0.05, 0.1) is 5.60 Å². The predicted molar refractivity (Wildman–Crippen MR) is 93.2 cm³/mol. The molecule has 0 bridgehead atoms. The van der Waals surface area contributed by atoms with Crippen LogP contribution in [0.3, 0.4) is 0 Å². The van der Waals surface area contributed by atoms with Crippen molar-refractivity contribution in [1.29, 1.82) is 0 Å². The molecule has 10 heteroatoms. The van der Waals surface area contributed by atoms with E-state index in [2.05, 4.69) is 0 Å². The topological polar surface area (TPSA) is 93.8 Å². The highest BCUT2D eigenvalue weighted by atomic mass is 32.2. The number of ether oxygens (including phenoxy) is 1. The zero-order chi connectivity index (χ0) is 19.0. The molecule has 0 spiro atoms. The molecule has 0 saturated carbocycles. The molecule has 1 aliphatic rings. The number of hydrogen-bond acceptors (Lipinski definition) is 6. The van der Waals surface area contributed by atoms with Crippen molar-refractivity contribution in [3.8, 4) is 0 Å². The summed E-state index contributed by atoms with van der Waals surface area (Å²) in [5.74, 6) is 0. The maximum absolute atomic E-state index is 12.9. The van der Waals surface area contributed by atoms with Gasteiger partial charge in [-0.1, -0.05) is 0 Å². The van der Waals surface area contributed by atoms with Crippen molar-refractivity contribution in [2.24, 2.45) is 14.1 Å². The summed E-state index contributed by atoms with van der Waals surface area (Å²) in [5.41, 5.74) is -1.77. The molecule has 1 aromatic rings. The maximum Gasteiger partial charge on any atom is 0.330 e. The van der Waals surface area contributed by atoms with E-state index in [0.29, 0.717) is 19.4 Å². The highest BCUT2D eigenvalue weighted by Gasteiger charge is 2.40. The van der Waals surface area contributed by atoms with E-state index in [1.807, 2.05) is 19.0 Å². The lowest BCUT2D eigenvalue weighted by molar-refractivity contribution is -0.0597. The van der Waals surface area contributed by atoms with Crippen LogP contribution in [0, 0.1) is 0 Å². The highest BCUT2D eigenvalue weighted by molar-refractivity contribution is 7.89. The van der Waals surface area contributed by atoms with Crippen molar-refractivity contribution >= 4 is 10.0 Å². The van der Waals surface area contributed by atoms with Crippen molar-refractivity contribution in [2.45, 2.75) is 23.3 Å². The fourth-order valence-electron chi connectivity index (χ4n) is 3.23. The molecule has 0 aromatic carbocycles. The number of sulfonamides is 1. The summed E-state index contributed by atoms with van der Waals surface area (Å²) in [7, 11) is 4.24. The number of likely N-dealkylation sites (N-methyl/N-ethyl adjacent to an activating group) is 1. The van der Waals surface area contributed by atoms with Crippen LogP contribution in [0.5, 0.6) is 0 Å². The summed E-state index contributed by atoms with van der Waals surface area (Å²) in [6, 6.07) is 0. The quantitative estimate of drug-likeness (QED) is 0.644. The zero-order valence-corrected chi connectivity index (χ0v) is 16.2. The molecule has 1 aliphatic heterocycles. The van der Waals surface area contributed by atoms with Crippen LogP contribution < -0.4 is 11.2 Å². The summed E-state index contributed by atoms with van der Waals surface area (Å²) < 4.78 is 34.6. The standard InChI is InChI=1S/C15H26N4O5S/c1-16(2)11-15(24-5)6-8-19(9-7-15)25(22,23)12-10-17(3)14(21)18(4)13(12)20/h10H,6-9,11H2,1-5H3. The lowest BCUT2D eigenvalue weighted by Gasteiger charge is -2.41. The summed E-state index contributed by atoms with van der Waals surface area (Å²) in [4.78, 5) is 25.7. The van der Waals surface area contributed by atoms with Crippen molar-refractivity contribution < 1.29 is 13.2 Å². The molecule has 9 nitrogen and oxygen atoms in total. The Labute approximate surface area is 147 Å². The molecule has 142 valence electrons. The van der Waals surface area contributed by atoms with Crippen LogP contribution in [0.2, 0.25) is 0 Å². The summed E-state index contributed by atoms with van der Waals surface area (Å²) in [6.45, 7) is 1.21. The molecule has 1 aromatic heterocycles. The SMILES string of the molecule is COC1(CN(C)C)CCN(S(=O)(=O)c2cn(C)c(=O)n(C)c2=O)CC1. The lowest BCUT2D eigenvalue weighted by Crippen LogP contribution is -2.53. The summed E-state index contributed by atoms with van der Waals surface area (Å²) in [6.07, 6.45) is 2.16. The van der Waals surface area contributed by atoms with Gasteiger partial charge in [0, 0.05) is 47.0 Å². The predicted octanol–water partition coefficient (Wildman–Crippen LogP) is -1.18. The summed E-state index contributed by atoms with van der Waals surface area (Å²) >= 11 is 0. The van der Waals surface area contributed by atoms with Crippen LogP contribution in [0.25, 0.3) is 0 Å². The first-order chi connectivity index (χ1) is 11.5. The minimum absolute atomic E-state index is 0.260. The second kappa shape index (κ2) is 7.02. The van der Waals surface area contributed by atoms with Crippen molar-refractivity contribution in [2.75, 3.05) is 40.8 Å². The molecule has 0 radical (unpaired) electrons. The molecule has 25 heavy (non-hydrogen) atoms. The van der Waals surface area contributed by atoms with Gasteiger partial charge >= 0.3 is 5.69 Å². The van der Waals surface area contributed by atoms with Crippen molar-refractivity contribution in [3.05, 3.63) is 27.0 Å². The number of aryl methyl sites for hydroxylation is 1. The second-order valence-corrected chi connectivity index (χ2v) is 8.69. The van der Waals surface area contributed by atoms with Crippen molar-refractivity contribution in [3.63, 3.8) is 0 Å². The lowest BCUT2D eigenvalue weighted by atomic mass is 9.91. The molecule has 2 heterocycles. The van der Waals surface area contributed by atoms with E-state index >= 15 is 0 Å². The van der Waals surface area contributed by atoms with Crippen LogP contribution in [-0.2, 0) is 28.9 Å². The minimum atomic E-state index is -3.97. The third-order valence-corrected chi connectivity index (χ3v) is 6.58. The number of methoxy groups -OCH3 is 1. The van der Waals surface area contributed by atoms with Crippen LogP contribution in [-0.4, -0.2) is 73.2 Å². The summed E-state index contributed by atoms with van der Waals surface area (Å²) in [5, 5.41) is 0. The van der Waals surface area contributed by atoms with Gasteiger partial charge in [0.25, 0.3) is 5.56 Å². The Balaban J connectivity index is 2.32. The average Bonchev–Trinajstić information content (AvgIpc) is 2.56. The fraction of sp³-hybridized carbons (Fsp3) is 0.733. The highest BCUT2D eigenvalue weighted by Crippen LogP contribution is 2.29. The molecule has 0 atom stereocenters. The van der Waals surface area contributed by atoms with Crippen molar-refractivity contribution in [1.82, 2.24) is 18.3 Å². The van der Waals surface area contributed by atoms with E-state index < -0.39 is 26.9 Å². The Bertz CT molecular complexity index is 848. The first kappa shape index (κ1) is 19.8. The molecule has 1 fully saturated rings. The maximum atomic E-state index is 12.9. The largest absolute Gasteiger partial charge is 0.377 e. The van der Waals surface area contributed by atoms with Gasteiger partial charge in [-0.25, -0.2) is 13.2 Å². The van der Waals surface area contributed by atoms with Gasteiger partial charge in [0.1, 0.15) is 0 Å². The first-order valence-electron chi connectivity index (χ1n) is 8.01. The Morgan fingerprint density at radius 2 is 1.76 bits per heavy atom. The smallest absolute Gasteiger partial charge is 0.330 e. The molecule has 0 unspecified atom stereocenters. The van der Waals surface area contributed by atoms with Crippen LogP contribution in [0.1, 0.15) is 12.8 Å². The molecule has 0 amide bonds. The number of hydrogen-bond donors (Lipinski definition) is 0. The third kappa shape index (κ3) is 3.71. The Morgan fingerprint density at radius 3 is 2.24 bits per heavy atom. The Kier molecular flexibility index (Phi) is 5.57. The minimum Gasteiger partial charge on any atom is -0.377 e. The van der Waals surface area contributed by atoms with Gasteiger partial charge in [-0.15, -0.1) is 0 Å². The van der Waals surface area contributed by atoms with E-state index in [1.165, 1.54) is 18.4 Å². The van der Waals surface area contributed by atoms with Gasteiger partial charge in [0.15, 0.2) is 4.90 Å². The molecule has 2 rings (SSSR count). The van der Waals surface area contributed by atoms with Gasteiger partial charge in [-0.05, 0) is 26.9 Å². The monoisotopic (exact) mass is 374 g/mol. The average molecular weight is 374 g/mol. The van der Waals surface area contributed by atoms with Gasteiger partial charge in [0.2, 0.25) is 10.0 Å². The number of rotatable bonds is 5. The molecule has 1 saturated heterocycles. The number of piperidine rings is 1. The van der Waals surface area contributed by atoms with E-state index in [0.717, 1.165) is 15.3 Å². The number of aromatic nitrogens is 2. The molecular weight excluding hydrogens is 348 g/mol. The van der Waals surface area contributed by atoms with Crippen LogP contribution in [0.15, 0.2) is 20.7 Å². The third-order valence-electron chi connectivity index (χ3n) is 4.70. The van der Waals surface area contributed by atoms with Crippen LogP contribution in [0.4, 0.5) is 0 Å². The Morgan fingerprint density at radius 1 is 1.20 bits per heavy atom. The van der Waals surface area contributed by atoms with Crippen LogP contribution >= 0.6 is 0 Å². The normalized spacial score (nSPS) is 18.6. The molecule has 0 aliphatic carbocycles. The van der Waals surface area contributed by atoms with E-state index in [9.17, 15) is 18.0 Å². The van der Waals surface area contributed by atoms with Gasteiger partial charge in [-0.2, -0.15) is 4.31 Å². The van der Waals surface area contributed by atoms with E-state index in [1.54, 1.807) is 7.11 Å². The van der Waals surface area contributed by atoms with Gasteiger partial charge < -0.3 is 14.2 Å². The fourth-order valence-corrected chi connectivity index (χ4v) is 4.82. The van der Waals surface area contributed by atoms with E-state index in [-0.39, 0.29) is 18.0 Å². The van der Waals surface area contributed by atoms with Gasteiger partial charge in [-0.3, -0.25) is 9.36 Å². The first-order valence-corrected chi connectivity index (χ1v) is 9.45. The van der Waals surface area contributed by atoms with E-state index in [4.69, 9.17) is 4.74 Å². The zero-order valence-electron chi connectivity index (χ0n) is 15.4.